The van der Waals surface area contributed by atoms with Gasteiger partial charge in [0.05, 0.1) is 30.1 Å². The summed E-state index contributed by atoms with van der Waals surface area (Å²) in [5.74, 6) is 0.171. The second kappa shape index (κ2) is 14.5. The van der Waals surface area contributed by atoms with E-state index in [1.807, 2.05) is 26.8 Å². The van der Waals surface area contributed by atoms with E-state index in [0.717, 1.165) is 31.2 Å². The maximum atomic E-state index is 13.9. The first-order valence-electron chi connectivity index (χ1n) is 14.7. The number of anilines is 2. The van der Waals surface area contributed by atoms with Gasteiger partial charge in [0.25, 0.3) is 5.91 Å². The van der Waals surface area contributed by atoms with Crippen LogP contribution in [0, 0.1) is 0 Å². The maximum absolute atomic E-state index is 13.9. The predicted octanol–water partition coefficient (Wildman–Crippen LogP) is 5.76. The highest BCUT2D eigenvalue weighted by Crippen LogP contribution is 2.40. The lowest BCUT2D eigenvalue weighted by Gasteiger charge is -2.25. The Balaban J connectivity index is 0.00000207. The van der Waals surface area contributed by atoms with Crippen LogP contribution in [0.1, 0.15) is 74.1 Å². The fourth-order valence-electron chi connectivity index (χ4n) is 4.78. The first kappa shape index (κ1) is 32.0. The number of nitrogens with one attached hydrogen (secondary N) is 2. The van der Waals surface area contributed by atoms with Crippen LogP contribution in [-0.4, -0.2) is 56.4 Å². The summed E-state index contributed by atoms with van der Waals surface area (Å²) in [6.07, 6.45) is 5.33. The lowest BCUT2D eigenvalue weighted by Crippen LogP contribution is -2.28. The number of hydrogen-bond acceptors (Lipinski definition) is 7. The number of carbonyl (C=O) groups excluding carboxylic acids is 1. The number of ether oxygens (including phenoxy) is 1. The number of amides is 1. The van der Waals surface area contributed by atoms with Gasteiger partial charge in [-0.25, -0.2) is 9.97 Å². The van der Waals surface area contributed by atoms with Crippen LogP contribution >= 0.6 is 0 Å². The third kappa shape index (κ3) is 7.34. The first-order valence-corrected chi connectivity index (χ1v) is 14.7. The molecule has 0 spiro atoms. The summed E-state index contributed by atoms with van der Waals surface area (Å²) in [5, 5.41) is 9.98. The van der Waals surface area contributed by atoms with Crippen molar-refractivity contribution in [2.75, 3.05) is 31.6 Å². The molecule has 1 fully saturated rings. The minimum absolute atomic E-state index is 0.0181. The van der Waals surface area contributed by atoms with Crippen molar-refractivity contribution in [3.63, 3.8) is 0 Å². The van der Waals surface area contributed by atoms with Gasteiger partial charge in [0.1, 0.15) is 0 Å². The highest BCUT2D eigenvalue weighted by Gasteiger charge is 2.39. The lowest BCUT2D eigenvalue weighted by atomic mass is 9.93. The Bertz CT molecular complexity index is 1510. The summed E-state index contributed by atoms with van der Waals surface area (Å²) in [6, 6.07) is 5.32. The molecule has 0 unspecified atom stereocenters. The summed E-state index contributed by atoms with van der Waals surface area (Å²) in [4.78, 5) is 21.5. The van der Waals surface area contributed by atoms with Crippen molar-refractivity contribution in [2.45, 2.75) is 65.1 Å². The van der Waals surface area contributed by atoms with Gasteiger partial charge in [-0.05, 0) is 62.4 Å². The smallest absolute Gasteiger partial charge is 0.380 e. The Morgan fingerprint density at radius 3 is 2.65 bits per heavy atom. The zero-order valence-corrected chi connectivity index (χ0v) is 24.7. The fraction of sp³-hybridized carbons (Fsp3) is 0.467. The SMILES string of the molecule is CC.CCc1cc(Nc2nccn3c(-c4cn(C5CCC5)nc4C(F)(F)F)cnc23)ccc1C(=O)NCCOCCCN. The number of hydrogen-bond donors (Lipinski definition) is 3. The fourth-order valence-corrected chi connectivity index (χ4v) is 4.78. The number of rotatable bonds is 12. The number of nitrogens with zero attached hydrogens (tertiary/aromatic N) is 5. The number of aryl methyl sites for hydroxylation is 1. The van der Waals surface area contributed by atoms with Crippen LogP contribution in [0.15, 0.2) is 43.0 Å². The van der Waals surface area contributed by atoms with Crippen LogP contribution in [-0.2, 0) is 17.3 Å². The van der Waals surface area contributed by atoms with Crippen molar-refractivity contribution < 1.29 is 22.7 Å². The van der Waals surface area contributed by atoms with Crippen LogP contribution in [0.5, 0.6) is 0 Å². The molecule has 10 nitrogen and oxygen atoms in total. The number of benzene rings is 1. The van der Waals surface area contributed by atoms with Gasteiger partial charge in [-0.2, -0.15) is 18.3 Å². The monoisotopic (exact) mass is 600 g/mol. The average Bonchev–Trinajstić information content (AvgIpc) is 3.60. The standard InChI is InChI=1S/C28H33F3N8O2.C2H6/c1-2-18-15-19(7-8-21(18)27(40)34-11-14-41-13-4-9-32)36-25-26-35-16-23(38(26)12-10-33-25)22-17-39(20-5-3-6-20)37-24(22)28(29,30)31;1-2/h7-8,10,12,15-17,20H,2-6,9,11,13-14,32H2,1H3,(H,33,36)(H,34,40);1-2H3. The molecule has 5 rings (SSSR count). The third-order valence-corrected chi connectivity index (χ3v) is 7.17. The summed E-state index contributed by atoms with van der Waals surface area (Å²) in [7, 11) is 0. The molecular weight excluding hydrogens is 561 g/mol. The van der Waals surface area contributed by atoms with E-state index in [9.17, 15) is 18.0 Å². The molecule has 232 valence electrons. The first-order chi connectivity index (χ1) is 20.8. The molecule has 0 aliphatic heterocycles. The molecule has 4 N–H and O–H groups in total. The topological polar surface area (TPSA) is 124 Å². The van der Waals surface area contributed by atoms with Gasteiger partial charge in [0.2, 0.25) is 0 Å². The molecule has 0 atom stereocenters. The number of aromatic nitrogens is 5. The molecule has 3 aromatic heterocycles. The van der Waals surface area contributed by atoms with Crippen molar-refractivity contribution in [2.24, 2.45) is 5.73 Å². The molecule has 1 saturated carbocycles. The quantitative estimate of drug-likeness (QED) is 0.177. The molecule has 0 radical (unpaired) electrons. The Labute approximate surface area is 248 Å². The molecule has 1 aliphatic carbocycles. The number of alkyl halides is 3. The Morgan fingerprint density at radius 1 is 1.19 bits per heavy atom. The van der Waals surface area contributed by atoms with Crippen LogP contribution in [0.3, 0.4) is 0 Å². The van der Waals surface area contributed by atoms with Gasteiger partial charge in [-0.3, -0.25) is 13.9 Å². The van der Waals surface area contributed by atoms with E-state index in [1.54, 1.807) is 22.7 Å². The van der Waals surface area contributed by atoms with Crippen LogP contribution in [0.4, 0.5) is 24.7 Å². The van der Waals surface area contributed by atoms with Gasteiger partial charge in [0, 0.05) is 43.0 Å². The van der Waals surface area contributed by atoms with Crippen molar-refractivity contribution >= 4 is 23.1 Å². The summed E-state index contributed by atoms with van der Waals surface area (Å²) in [6.45, 7) is 7.85. The van der Waals surface area contributed by atoms with E-state index >= 15 is 0 Å². The summed E-state index contributed by atoms with van der Waals surface area (Å²) in [5.41, 5.74) is 7.17. The van der Waals surface area contributed by atoms with Crippen molar-refractivity contribution in [1.29, 1.82) is 0 Å². The van der Waals surface area contributed by atoms with E-state index in [0.29, 0.717) is 55.4 Å². The van der Waals surface area contributed by atoms with E-state index in [1.165, 1.54) is 23.3 Å². The molecule has 3 heterocycles. The lowest BCUT2D eigenvalue weighted by molar-refractivity contribution is -0.141. The van der Waals surface area contributed by atoms with Gasteiger partial charge < -0.3 is 21.1 Å². The molecule has 1 aliphatic rings. The summed E-state index contributed by atoms with van der Waals surface area (Å²) < 4.78 is 50.2. The Hall–Kier alpha value is -3.97. The van der Waals surface area contributed by atoms with Crippen molar-refractivity contribution in [3.05, 3.63) is 59.8 Å². The molecular formula is C30H39F3N8O2. The van der Waals surface area contributed by atoms with E-state index in [-0.39, 0.29) is 23.2 Å². The minimum Gasteiger partial charge on any atom is -0.380 e. The Morgan fingerprint density at radius 2 is 1.98 bits per heavy atom. The average molecular weight is 601 g/mol. The maximum Gasteiger partial charge on any atom is 0.435 e. The van der Waals surface area contributed by atoms with Crippen LogP contribution in [0.25, 0.3) is 16.9 Å². The molecule has 13 heteroatoms. The number of fused-ring (bicyclic) bond motifs is 1. The van der Waals surface area contributed by atoms with Crippen LogP contribution < -0.4 is 16.4 Å². The number of imidazole rings is 1. The zero-order valence-electron chi connectivity index (χ0n) is 24.7. The van der Waals surface area contributed by atoms with E-state index in [4.69, 9.17) is 10.5 Å². The third-order valence-electron chi connectivity index (χ3n) is 7.17. The second-order valence-corrected chi connectivity index (χ2v) is 9.93. The van der Waals surface area contributed by atoms with Gasteiger partial charge in [0.15, 0.2) is 17.2 Å². The zero-order chi connectivity index (χ0) is 31.0. The molecule has 43 heavy (non-hydrogen) atoms. The molecule has 0 saturated heterocycles. The normalized spacial score (nSPS) is 13.4. The number of halogens is 3. The van der Waals surface area contributed by atoms with E-state index in [2.05, 4.69) is 25.7 Å². The van der Waals surface area contributed by atoms with E-state index < -0.39 is 11.9 Å². The number of nitrogens with two attached hydrogens (primary N) is 1. The highest BCUT2D eigenvalue weighted by atomic mass is 19.4. The van der Waals surface area contributed by atoms with Crippen LogP contribution in [0.2, 0.25) is 0 Å². The van der Waals surface area contributed by atoms with Crippen molar-refractivity contribution in [3.8, 4) is 11.3 Å². The summed E-state index contributed by atoms with van der Waals surface area (Å²) >= 11 is 0. The van der Waals surface area contributed by atoms with Gasteiger partial charge >= 0.3 is 6.18 Å². The number of carbonyl (C=O) groups is 1. The molecule has 4 aromatic rings. The molecule has 1 aromatic carbocycles. The molecule has 0 bridgehead atoms. The molecule has 1 amide bonds. The second-order valence-electron chi connectivity index (χ2n) is 9.93. The highest BCUT2D eigenvalue weighted by molar-refractivity contribution is 5.96. The largest absolute Gasteiger partial charge is 0.435 e. The minimum atomic E-state index is -4.61. The Kier molecular flexibility index (Phi) is 10.8. The van der Waals surface area contributed by atoms with Crippen molar-refractivity contribution in [1.82, 2.24) is 29.5 Å². The van der Waals surface area contributed by atoms with Gasteiger partial charge in [-0.1, -0.05) is 20.8 Å². The predicted molar refractivity (Wildman–Crippen MR) is 159 cm³/mol. The van der Waals surface area contributed by atoms with Gasteiger partial charge in [-0.15, -0.1) is 0 Å².